The first kappa shape index (κ1) is 13.4. The molecular weight excluding hydrogens is 282 g/mol. The minimum Gasteiger partial charge on any atom is -0.370 e. The third-order valence-corrected chi connectivity index (χ3v) is 2.67. The number of nitrogens with two attached hydrogens (primary N) is 2. The predicted molar refractivity (Wildman–Crippen MR) is 73.3 cm³/mol. The second-order valence-corrected chi connectivity index (χ2v) is 4.59. The Morgan fingerprint density at radius 2 is 2.06 bits per heavy atom. The maximum absolute atomic E-state index is 11.5. The summed E-state index contributed by atoms with van der Waals surface area (Å²) >= 11 is 3.38. The zero-order valence-corrected chi connectivity index (χ0v) is 11.3. The molecule has 90 valence electrons. The SMILES string of the molecule is CC(=Cc1ccc(Br)cc1C)C(=O)N=C(N)N. The van der Waals surface area contributed by atoms with Crippen molar-refractivity contribution in [3.63, 3.8) is 0 Å². The van der Waals surface area contributed by atoms with Crippen molar-refractivity contribution >= 4 is 33.9 Å². The van der Waals surface area contributed by atoms with Crippen LogP contribution in [0.2, 0.25) is 0 Å². The molecule has 0 aromatic heterocycles. The van der Waals surface area contributed by atoms with Crippen LogP contribution in [0.15, 0.2) is 33.2 Å². The highest BCUT2D eigenvalue weighted by Gasteiger charge is 2.04. The number of aliphatic imine (C=N–C) groups is 1. The molecule has 1 aromatic carbocycles. The number of guanidine groups is 1. The molecule has 0 heterocycles. The summed E-state index contributed by atoms with van der Waals surface area (Å²) in [5, 5.41) is 0. The summed E-state index contributed by atoms with van der Waals surface area (Å²) in [6, 6.07) is 5.81. The number of aryl methyl sites for hydroxylation is 1. The highest BCUT2D eigenvalue weighted by molar-refractivity contribution is 9.10. The molecule has 4 nitrogen and oxygen atoms in total. The first-order chi connectivity index (χ1) is 7.90. The van der Waals surface area contributed by atoms with Gasteiger partial charge in [-0.1, -0.05) is 22.0 Å². The van der Waals surface area contributed by atoms with Gasteiger partial charge in [0.25, 0.3) is 5.91 Å². The van der Waals surface area contributed by atoms with Crippen LogP contribution >= 0.6 is 15.9 Å². The van der Waals surface area contributed by atoms with Gasteiger partial charge < -0.3 is 11.5 Å². The van der Waals surface area contributed by atoms with Crippen molar-refractivity contribution in [2.24, 2.45) is 16.5 Å². The largest absolute Gasteiger partial charge is 0.370 e. The molecule has 1 aromatic rings. The van der Waals surface area contributed by atoms with Crippen molar-refractivity contribution in [1.29, 1.82) is 0 Å². The Labute approximate surface area is 109 Å². The summed E-state index contributed by atoms with van der Waals surface area (Å²) in [5.74, 6) is -0.650. The number of hydrogen-bond donors (Lipinski definition) is 2. The Morgan fingerprint density at radius 3 is 2.59 bits per heavy atom. The van der Waals surface area contributed by atoms with Crippen molar-refractivity contribution in [2.45, 2.75) is 13.8 Å². The maximum atomic E-state index is 11.5. The average molecular weight is 296 g/mol. The van der Waals surface area contributed by atoms with Crippen LogP contribution in [0.4, 0.5) is 0 Å². The van der Waals surface area contributed by atoms with Crippen molar-refractivity contribution in [1.82, 2.24) is 0 Å². The van der Waals surface area contributed by atoms with Gasteiger partial charge in [-0.2, -0.15) is 4.99 Å². The lowest BCUT2D eigenvalue weighted by Gasteiger charge is -2.02. The molecule has 4 N–H and O–H groups in total. The molecular formula is C12H14BrN3O. The van der Waals surface area contributed by atoms with E-state index in [0.29, 0.717) is 5.57 Å². The second kappa shape index (κ2) is 5.63. The zero-order chi connectivity index (χ0) is 13.0. The fourth-order valence-electron chi connectivity index (χ4n) is 1.30. The smallest absolute Gasteiger partial charge is 0.275 e. The number of rotatable bonds is 2. The molecule has 0 fully saturated rings. The van der Waals surface area contributed by atoms with Crippen LogP contribution in [0, 0.1) is 6.92 Å². The summed E-state index contributed by atoms with van der Waals surface area (Å²) < 4.78 is 1.00. The van der Waals surface area contributed by atoms with Gasteiger partial charge in [-0.05, 0) is 43.2 Å². The first-order valence-corrected chi connectivity index (χ1v) is 5.78. The monoisotopic (exact) mass is 295 g/mol. The van der Waals surface area contributed by atoms with E-state index in [4.69, 9.17) is 11.5 Å². The van der Waals surface area contributed by atoms with E-state index in [2.05, 4.69) is 20.9 Å². The van der Waals surface area contributed by atoms with Gasteiger partial charge in [0.05, 0.1) is 0 Å². The van der Waals surface area contributed by atoms with Crippen LogP contribution in [-0.2, 0) is 4.79 Å². The zero-order valence-electron chi connectivity index (χ0n) is 9.70. The van der Waals surface area contributed by atoms with Gasteiger partial charge in [-0.25, -0.2) is 0 Å². The third-order valence-electron chi connectivity index (χ3n) is 2.17. The lowest BCUT2D eigenvalue weighted by molar-refractivity contribution is -0.114. The normalized spacial score (nSPS) is 11.1. The molecule has 1 amide bonds. The first-order valence-electron chi connectivity index (χ1n) is 4.98. The van der Waals surface area contributed by atoms with Gasteiger partial charge in [0.15, 0.2) is 5.96 Å². The number of nitrogens with zero attached hydrogens (tertiary/aromatic N) is 1. The fraction of sp³-hybridized carbons (Fsp3) is 0.167. The molecule has 0 aliphatic heterocycles. The second-order valence-electron chi connectivity index (χ2n) is 3.67. The predicted octanol–water partition coefficient (Wildman–Crippen LogP) is 1.96. The number of hydrogen-bond acceptors (Lipinski definition) is 1. The summed E-state index contributed by atoms with van der Waals surface area (Å²) in [7, 11) is 0. The van der Waals surface area contributed by atoms with Gasteiger partial charge in [-0.15, -0.1) is 0 Å². The van der Waals surface area contributed by atoms with Gasteiger partial charge in [-0.3, -0.25) is 4.79 Å². The molecule has 0 saturated heterocycles. The molecule has 0 bridgehead atoms. The number of carbonyl (C=O) groups excluding carboxylic acids is 1. The standard InChI is InChI=1S/C12H14BrN3O/c1-7-6-10(13)4-3-9(7)5-8(2)11(17)16-12(14)15/h3-6H,1-2H3,(H4,14,15,16,17). The quantitative estimate of drug-likeness (QED) is 0.497. The molecule has 0 aliphatic rings. The Balaban J connectivity index is 3.03. The number of amides is 1. The Hall–Kier alpha value is -1.62. The summed E-state index contributed by atoms with van der Waals surface area (Å²) in [4.78, 5) is 15.0. The van der Waals surface area contributed by atoms with Crippen molar-refractivity contribution in [3.05, 3.63) is 39.4 Å². The molecule has 17 heavy (non-hydrogen) atoms. The lowest BCUT2D eigenvalue weighted by Crippen LogP contribution is -2.24. The molecule has 0 spiro atoms. The van der Waals surface area contributed by atoms with E-state index in [1.165, 1.54) is 0 Å². The van der Waals surface area contributed by atoms with E-state index in [0.717, 1.165) is 15.6 Å². The molecule has 1 rings (SSSR count). The van der Waals surface area contributed by atoms with Crippen LogP contribution in [-0.4, -0.2) is 11.9 Å². The van der Waals surface area contributed by atoms with E-state index in [9.17, 15) is 4.79 Å². The third kappa shape index (κ3) is 4.03. The van der Waals surface area contributed by atoms with Crippen molar-refractivity contribution in [2.75, 3.05) is 0 Å². The fourth-order valence-corrected chi connectivity index (χ4v) is 1.78. The van der Waals surface area contributed by atoms with E-state index < -0.39 is 5.91 Å². The summed E-state index contributed by atoms with van der Waals surface area (Å²) in [5.41, 5.74) is 12.8. The van der Waals surface area contributed by atoms with Gasteiger partial charge >= 0.3 is 0 Å². The number of halogens is 1. The number of carbonyl (C=O) groups is 1. The minimum atomic E-state index is -0.424. The topological polar surface area (TPSA) is 81.5 Å². The molecule has 0 unspecified atom stereocenters. The molecule has 5 heteroatoms. The maximum Gasteiger partial charge on any atom is 0.275 e. The Bertz CT molecular complexity index is 502. The minimum absolute atomic E-state index is 0.227. The summed E-state index contributed by atoms with van der Waals surface area (Å²) in [6.45, 7) is 3.64. The van der Waals surface area contributed by atoms with E-state index in [1.54, 1.807) is 13.0 Å². The lowest BCUT2D eigenvalue weighted by atomic mass is 10.1. The Morgan fingerprint density at radius 1 is 1.41 bits per heavy atom. The highest BCUT2D eigenvalue weighted by atomic mass is 79.9. The highest BCUT2D eigenvalue weighted by Crippen LogP contribution is 2.18. The van der Waals surface area contributed by atoms with Gasteiger partial charge in [0, 0.05) is 10.0 Å². The van der Waals surface area contributed by atoms with Crippen LogP contribution in [0.25, 0.3) is 6.08 Å². The molecule has 0 radical (unpaired) electrons. The van der Waals surface area contributed by atoms with Crippen LogP contribution in [0.1, 0.15) is 18.1 Å². The molecule has 0 saturated carbocycles. The van der Waals surface area contributed by atoms with Gasteiger partial charge in [0.2, 0.25) is 0 Å². The summed E-state index contributed by atoms with van der Waals surface area (Å²) in [6.07, 6.45) is 1.76. The van der Waals surface area contributed by atoms with Crippen LogP contribution in [0.3, 0.4) is 0 Å². The van der Waals surface area contributed by atoms with Gasteiger partial charge in [0.1, 0.15) is 0 Å². The van der Waals surface area contributed by atoms with Crippen molar-refractivity contribution < 1.29 is 4.79 Å². The average Bonchev–Trinajstić information content (AvgIpc) is 2.21. The van der Waals surface area contributed by atoms with Crippen molar-refractivity contribution in [3.8, 4) is 0 Å². The van der Waals surface area contributed by atoms with Crippen LogP contribution < -0.4 is 11.5 Å². The number of benzene rings is 1. The Kier molecular flexibility index (Phi) is 4.45. The molecule has 0 atom stereocenters. The van der Waals surface area contributed by atoms with Crippen LogP contribution in [0.5, 0.6) is 0 Å². The molecule has 0 aliphatic carbocycles. The van der Waals surface area contributed by atoms with E-state index in [-0.39, 0.29) is 5.96 Å². The van der Waals surface area contributed by atoms with E-state index >= 15 is 0 Å². The van der Waals surface area contributed by atoms with E-state index in [1.807, 2.05) is 25.1 Å².